The van der Waals surface area contributed by atoms with E-state index in [9.17, 15) is 0 Å². The summed E-state index contributed by atoms with van der Waals surface area (Å²) in [7, 11) is 0. The van der Waals surface area contributed by atoms with Crippen LogP contribution < -0.4 is 5.73 Å². The molecule has 3 aromatic heterocycles. The zero-order valence-corrected chi connectivity index (χ0v) is 11.8. The Morgan fingerprint density at radius 3 is 2.77 bits per heavy atom. The van der Waals surface area contributed by atoms with Crippen LogP contribution in [0.2, 0.25) is 0 Å². The molecular formula is C18H13N4. The highest BCUT2D eigenvalue weighted by Crippen LogP contribution is 2.25. The van der Waals surface area contributed by atoms with Gasteiger partial charge in [0.05, 0.1) is 5.69 Å². The maximum Gasteiger partial charge on any atom is 0.137 e. The molecule has 0 unspecified atom stereocenters. The summed E-state index contributed by atoms with van der Waals surface area (Å²) in [5.41, 5.74) is 10.7. The van der Waals surface area contributed by atoms with Gasteiger partial charge in [-0.05, 0) is 47.5 Å². The van der Waals surface area contributed by atoms with Gasteiger partial charge in [0.2, 0.25) is 0 Å². The highest BCUT2D eigenvalue weighted by molar-refractivity contribution is 5.73. The van der Waals surface area contributed by atoms with E-state index in [2.05, 4.69) is 34.4 Å². The largest absolute Gasteiger partial charge is 0.383 e. The summed E-state index contributed by atoms with van der Waals surface area (Å²) < 4.78 is 2.00. The number of anilines is 1. The van der Waals surface area contributed by atoms with Crippen molar-refractivity contribution in [3.8, 4) is 22.4 Å². The van der Waals surface area contributed by atoms with E-state index in [-0.39, 0.29) is 0 Å². The first-order chi connectivity index (χ1) is 10.8. The molecular weight excluding hydrogens is 272 g/mol. The van der Waals surface area contributed by atoms with Gasteiger partial charge in [-0.2, -0.15) is 0 Å². The third-order valence-electron chi connectivity index (χ3n) is 3.61. The second-order valence-corrected chi connectivity index (χ2v) is 5.04. The van der Waals surface area contributed by atoms with E-state index in [1.165, 1.54) is 0 Å². The number of hydrogen-bond donors (Lipinski definition) is 1. The Kier molecular flexibility index (Phi) is 2.86. The summed E-state index contributed by atoms with van der Waals surface area (Å²) in [5, 5.41) is 0. The molecule has 0 spiro atoms. The number of fused-ring (bicyclic) bond motifs is 1. The second kappa shape index (κ2) is 5.00. The fourth-order valence-electron chi connectivity index (χ4n) is 2.50. The normalized spacial score (nSPS) is 10.9. The van der Waals surface area contributed by atoms with Gasteiger partial charge in [0, 0.05) is 24.2 Å². The molecule has 0 aliphatic rings. The van der Waals surface area contributed by atoms with Crippen LogP contribution in [0.1, 0.15) is 0 Å². The molecule has 0 aliphatic carbocycles. The summed E-state index contributed by atoms with van der Waals surface area (Å²) in [6.07, 6.45) is 5.71. The molecule has 0 atom stereocenters. The van der Waals surface area contributed by atoms with E-state index in [1.54, 1.807) is 6.20 Å². The Bertz CT molecular complexity index is 942. The molecule has 2 N–H and O–H groups in total. The van der Waals surface area contributed by atoms with E-state index in [0.717, 1.165) is 28.0 Å². The molecule has 4 nitrogen and oxygen atoms in total. The second-order valence-electron chi connectivity index (χ2n) is 5.04. The number of nitrogens with two attached hydrogens (primary N) is 1. The van der Waals surface area contributed by atoms with Gasteiger partial charge in [-0.1, -0.05) is 18.2 Å². The zero-order chi connectivity index (χ0) is 14.9. The van der Waals surface area contributed by atoms with Gasteiger partial charge in [-0.3, -0.25) is 0 Å². The number of nitrogen functional groups attached to an aromatic ring is 1. The molecule has 0 amide bonds. The summed E-state index contributed by atoms with van der Waals surface area (Å²) in [4.78, 5) is 8.73. The highest BCUT2D eigenvalue weighted by Gasteiger charge is 2.08. The first-order valence-corrected chi connectivity index (χ1v) is 6.97. The first kappa shape index (κ1) is 12.6. The van der Waals surface area contributed by atoms with Gasteiger partial charge >= 0.3 is 0 Å². The van der Waals surface area contributed by atoms with Crippen molar-refractivity contribution in [3.05, 3.63) is 73.2 Å². The van der Waals surface area contributed by atoms with E-state index in [0.29, 0.717) is 5.82 Å². The van der Waals surface area contributed by atoms with Gasteiger partial charge in [0.1, 0.15) is 11.5 Å². The molecule has 105 valence electrons. The van der Waals surface area contributed by atoms with E-state index >= 15 is 0 Å². The third kappa shape index (κ3) is 2.11. The predicted molar refractivity (Wildman–Crippen MR) is 87.1 cm³/mol. The van der Waals surface area contributed by atoms with Crippen LogP contribution in [0, 0.1) is 6.07 Å². The van der Waals surface area contributed by atoms with Crippen LogP contribution in [0.4, 0.5) is 5.82 Å². The molecule has 4 aromatic rings. The average molecular weight is 285 g/mol. The number of aromatic nitrogens is 3. The molecule has 0 saturated heterocycles. The van der Waals surface area contributed by atoms with Crippen molar-refractivity contribution in [1.29, 1.82) is 0 Å². The topological polar surface area (TPSA) is 56.2 Å². The van der Waals surface area contributed by atoms with E-state index in [1.807, 2.05) is 47.0 Å². The van der Waals surface area contributed by atoms with Crippen molar-refractivity contribution in [2.45, 2.75) is 0 Å². The molecule has 4 rings (SSSR count). The van der Waals surface area contributed by atoms with Crippen molar-refractivity contribution in [1.82, 2.24) is 14.4 Å². The lowest BCUT2D eigenvalue weighted by atomic mass is 10.1. The van der Waals surface area contributed by atoms with Crippen LogP contribution in [-0.2, 0) is 0 Å². The first-order valence-electron chi connectivity index (χ1n) is 6.97. The Hall–Kier alpha value is -3.14. The van der Waals surface area contributed by atoms with Crippen molar-refractivity contribution >= 4 is 11.5 Å². The summed E-state index contributed by atoms with van der Waals surface area (Å²) in [6, 6.07) is 18.8. The number of hydrogen-bond acceptors (Lipinski definition) is 3. The Morgan fingerprint density at radius 1 is 1.00 bits per heavy atom. The van der Waals surface area contributed by atoms with Crippen molar-refractivity contribution in [2.24, 2.45) is 0 Å². The molecule has 22 heavy (non-hydrogen) atoms. The van der Waals surface area contributed by atoms with Gasteiger partial charge in [0.25, 0.3) is 0 Å². The van der Waals surface area contributed by atoms with Crippen molar-refractivity contribution in [2.75, 3.05) is 5.73 Å². The minimum absolute atomic E-state index is 0.490. The maximum absolute atomic E-state index is 5.93. The predicted octanol–water partition coefficient (Wildman–Crippen LogP) is 3.45. The number of pyridine rings is 2. The minimum Gasteiger partial charge on any atom is -0.383 e. The van der Waals surface area contributed by atoms with E-state index < -0.39 is 0 Å². The molecule has 3 heterocycles. The lowest BCUT2D eigenvalue weighted by Gasteiger charge is -2.01. The molecule has 1 aromatic carbocycles. The summed E-state index contributed by atoms with van der Waals surface area (Å²) in [6.45, 7) is 0. The lowest BCUT2D eigenvalue weighted by Crippen LogP contribution is -1.92. The molecule has 4 heteroatoms. The number of nitrogens with zero attached hydrogens (tertiary/aromatic N) is 3. The van der Waals surface area contributed by atoms with Crippen LogP contribution in [0.5, 0.6) is 0 Å². The number of benzene rings is 1. The fraction of sp³-hybridized carbons (Fsp3) is 0. The highest BCUT2D eigenvalue weighted by atomic mass is 15.0. The molecule has 0 fully saturated rings. The number of rotatable bonds is 2. The monoisotopic (exact) mass is 285 g/mol. The van der Waals surface area contributed by atoms with Crippen LogP contribution in [-0.4, -0.2) is 14.4 Å². The maximum atomic E-state index is 5.93. The number of imidazole rings is 1. The van der Waals surface area contributed by atoms with Crippen molar-refractivity contribution in [3.63, 3.8) is 0 Å². The molecule has 0 bridgehead atoms. The SMILES string of the molecule is Nc1ncccc1-c1cn2cc(-c3c[c]ccc3)ccc2n1. The van der Waals surface area contributed by atoms with Crippen LogP contribution >= 0.6 is 0 Å². The van der Waals surface area contributed by atoms with Crippen LogP contribution in [0.3, 0.4) is 0 Å². The van der Waals surface area contributed by atoms with Crippen molar-refractivity contribution < 1.29 is 0 Å². The lowest BCUT2D eigenvalue weighted by molar-refractivity contribution is 1.19. The Labute approximate surface area is 127 Å². The smallest absolute Gasteiger partial charge is 0.137 e. The average Bonchev–Trinajstić information content (AvgIpc) is 2.99. The Balaban J connectivity index is 1.84. The standard InChI is InChI=1S/C18H13N4/c19-18-15(7-4-10-20-18)16-12-22-11-14(8-9-17(22)21-16)13-5-2-1-3-6-13/h1-2,4-12H,(H2,19,20). The van der Waals surface area contributed by atoms with Gasteiger partial charge in [-0.15, -0.1) is 0 Å². The van der Waals surface area contributed by atoms with Crippen LogP contribution in [0.25, 0.3) is 28.0 Å². The fourth-order valence-corrected chi connectivity index (χ4v) is 2.50. The Morgan fingerprint density at radius 2 is 1.95 bits per heavy atom. The summed E-state index contributed by atoms with van der Waals surface area (Å²) >= 11 is 0. The quantitative estimate of drug-likeness (QED) is 0.613. The minimum atomic E-state index is 0.490. The third-order valence-corrected chi connectivity index (χ3v) is 3.61. The van der Waals surface area contributed by atoms with Gasteiger partial charge in [0.15, 0.2) is 0 Å². The van der Waals surface area contributed by atoms with E-state index in [4.69, 9.17) is 5.73 Å². The van der Waals surface area contributed by atoms with Crippen LogP contribution in [0.15, 0.2) is 67.1 Å². The molecule has 0 saturated carbocycles. The zero-order valence-electron chi connectivity index (χ0n) is 11.8. The van der Waals surface area contributed by atoms with Gasteiger partial charge in [-0.25, -0.2) is 9.97 Å². The molecule has 1 radical (unpaired) electrons. The van der Waals surface area contributed by atoms with Gasteiger partial charge < -0.3 is 10.1 Å². The summed E-state index contributed by atoms with van der Waals surface area (Å²) in [5.74, 6) is 0.490. The molecule has 0 aliphatic heterocycles.